The molecule has 1 fully saturated rings. The van der Waals surface area contributed by atoms with E-state index in [2.05, 4.69) is 5.10 Å². The standard InChI is InChI=1S/C8H12N2O2/c11-8-2-5-12-6-7(8)10-4-1-3-9-10/h1,3-4,7-8,11H,2,5-6H2. The Bertz CT molecular complexity index is 235. The first kappa shape index (κ1) is 7.76. The predicted octanol–water partition coefficient (Wildman–Crippen LogP) is 0.205. The second kappa shape index (κ2) is 3.25. The normalized spacial score (nSPS) is 30.4. The summed E-state index contributed by atoms with van der Waals surface area (Å²) in [5.74, 6) is 0. The van der Waals surface area contributed by atoms with Crippen LogP contribution in [0.4, 0.5) is 0 Å². The van der Waals surface area contributed by atoms with E-state index in [0.29, 0.717) is 19.6 Å². The van der Waals surface area contributed by atoms with Crippen LogP contribution in [0.3, 0.4) is 0 Å². The van der Waals surface area contributed by atoms with Gasteiger partial charge in [0.1, 0.15) is 6.04 Å². The fraction of sp³-hybridized carbons (Fsp3) is 0.625. The molecule has 66 valence electrons. The average Bonchev–Trinajstić information content (AvgIpc) is 2.57. The zero-order chi connectivity index (χ0) is 8.39. The second-order valence-corrected chi connectivity index (χ2v) is 2.98. The van der Waals surface area contributed by atoms with Crippen molar-refractivity contribution in [2.75, 3.05) is 13.2 Å². The maximum atomic E-state index is 9.60. The lowest BCUT2D eigenvalue weighted by Gasteiger charge is -2.27. The minimum Gasteiger partial charge on any atom is -0.391 e. The first-order valence-electron chi connectivity index (χ1n) is 4.13. The van der Waals surface area contributed by atoms with Crippen molar-refractivity contribution >= 4 is 0 Å². The van der Waals surface area contributed by atoms with Crippen LogP contribution in [0.15, 0.2) is 18.5 Å². The van der Waals surface area contributed by atoms with Crippen LogP contribution in [0.5, 0.6) is 0 Å². The van der Waals surface area contributed by atoms with Crippen molar-refractivity contribution < 1.29 is 9.84 Å². The van der Waals surface area contributed by atoms with Crippen LogP contribution >= 0.6 is 0 Å². The summed E-state index contributed by atoms with van der Waals surface area (Å²) in [6.45, 7) is 1.21. The highest BCUT2D eigenvalue weighted by molar-refractivity contribution is 4.85. The van der Waals surface area contributed by atoms with Crippen LogP contribution in [-0.2, 0) is 4.74 Å². The van der Waals surface area contributed by atoms with Crippen LogP contribution in [0.2, 0.25) is 0 Å². The monoisotopic (exact) mass is 168 g/mol. The Morgan fingerprint density at radius 1 is 1.58 bits per heavy atom. The van der Waals surface area contributed by atoms with E-state index in [4.69, 9.17) is 4.74 Å². The molecule has 1 aliphatic rings. The zero-order valence-electron chi connectivity index (χ0n) is 6.76. The molecule has 1 saturated heterocycles. The van der Waals surface area contributed by atoms with Gasteiger partial charge >= 0.3 is 0 Å². The van der Waals surface area contributed by atoms with E-state index in [0.717, 1.165) is 0 Å². The number of rotatable bonds is 1. The molecule has 0 amide bonds. The SMILES string of the molecule is OC1CCOCC1n1cccn1. The molecular weight excluding hydrogens is 156 g/mol. The van der Waals surface area contributed by atoms with Gasteiger partial charge in [0.2, 0.25) is 0 Å². The molecule has 0 saturated carbocycles. The van der Waals surface area contributed by atoms with Crippen molar-refractivity contribution in [3.05, 3.63) is 18.5 Å². The van der Waals surface area contributed by atoms with Crippen LogP contribution in [-0.4, -0.2) is 34.2 Å². The number of aliphatic hydroxyl groups is 1. The highest BCUT2D eigenvalue weighted by Crippen LogP contribution is 2.18. The van der Waals surface area contributed by atoms with Crippen molar-refractivity contribution in [2.45, 2.75) is 18.6 Å². The fourth-order valence-corrected chi connectivity index (χ4v) is 1.44. The molecule has 0 aromatic carbocycles. The molecule has 0 spiro atoms. The third-order valence-electron chi connectivity index (χ3n) is 2.16. The summed E-state index contributed by atoms with van der Waals surface area (Å²) >= 11 is 0. The number of hydrogen-bond acceptors (Lipinski definition) is 3. The lowest BCUT2D eigenvalue weighted by Crippen LogP contribution is -2.34. The van der Waals surface area contributed by atoms with E-state index in [-0.39, 0.29) is 12.1 Å². The molecule has 4 nitrogen and oxygen atoms in total. The molecule has 1 aromatic heterocycles. The quantitative estimate of drug-likeness (QED) is 0.652. The summed E-state index contributed by atoms with van der Waals surface area (Å²) in [6, 6.07) is 1.84. The van der Waals surface area contributed by atoms with Gasteiger partial charge in [0.25, 0.3) is 0 Å². The molecule has 12 heavy (non-hydrogen) atoms. The van der Waals surface area contributed by atoms with Crippen LogP contribution in [0.1, 0.15) is 12.5 Å². The number of nitrogens with zero attached hydrogens (tertiary/aromatic N) is 2. The largest absolute Gasteiger partial charge is 0.391 e. The van der Waals surface area contributed by atoms with Gasteiger partial charge in [-0.2, -0.15) is 5.10 Å². The second-order valence-electron chi connectivity index (χ2n) is 2.98. The summed E-state index contributed by atoms with van der Waals surface area (Å²) in [4.78, 5) is 0. The number of aromatic nitrogens is 2. The molecule has 2 rings (SSSR count). The summed E-state index contributed by atoms with van der Waals surface area (Å²) in [5, 5.41) is 13.7. The van der Waals surface area contributed by atoms with E-state index >= 15 is 0 Å². The minimum absolute atomic E-state index is 0.00579. The van der Waals surface area contributed by atoms with E-state index in [1.165, 1.54) is 0 Å². The van der Waals surface area contributed by atoms with Gasteiger partial charge in [0, 0.05) is 19.0 Å². The highest BCUT2D eigenvalue weighted by Gasteiger charge is 2.25. The molecule has 1 aliphatic heterocycles. The Morgan fingerprint density at radius 3 is 3.17 bits per heavy atom. The molecular formula is C8H12N2O2. The molecule has 1 aromatic rings. The van der Waals surface area contributed by atoms with Gasteiger partial charge in [-0.15, -0.1) is 0 Å². The third kappa shape index (κ3) is 1.35. The van der Waals surface area contributed by atoms with Crippen LogP contribution < -0.4 is 0 Å². The Hall–Kier alpha value is -0.870. The van der Waals surface area contributed by atoms with Crippen molar-refractivity contribution in [2.24, 2.45) is 0 Å². The van der Waals surface area contributed by atoms with Gasteiger partial charge in [-0.25, -0.2) is 0 Å². The molecule has 4 heteroatoms. The highest BCUT2D eigenvalue weighted by atomic mass is 16.5. The Balaban J connectivity index is 2.11. The fourth-order valence-electron chi connectivity index (χ4n) is 1.44. The Labute approximate surface area is 70.8 Å². The topological polar surface area (TPSA) is 47.3 Å². The predicted molar refractivity (Wildman–Crippen MR) is 42.7 cm³/mol. The Kier molecular flexibility index (Phi) is 2.10. The third-order valence-corrected chi connectivity index (χ3v) is 2.16. The molecule has 0 radical (unpaired) electrons. The number of aliphatic hydroxyl groups excluding tert-OH is 1. The van der Waals surface area contributed by atoms with Gasteiger partial charge in [-0.1, -0.05) is 0 Å². The molecule has 0 aliphatic carbocycles. The van der Waals surface area contributed by atoms with Crippen molar-refractivity contribution in [1.82, 2.24) is 9.78 Å². The summed E-state index contributed by atoms with van der Waals surface area (Å²) in [6.07, 6.45) is 3.94. The van der Waals surface area contributed by atoms with Gasteiger partial charge < -0.3 is 9.84 Å². The molecule has 2 heterocycles. The van der Waals surface area contributed by atoms with E-state index < -0.39 is 0 Å². The van der Waals surface area contributed by atoms with E-state index in [1.54, 1.807) is 10.9 Å². The number of ether oxygens (including phenoxy) is 1. The van der Waals surface area contributed by atoms with Crippen LogP contribution in [0.25, 0.3) is 0 Å². The first-order chi connectivity index (χ1) is 5.88. The van der Waals surface area contributed by atoms with Crippen molar-refractivity contribution in [3.8, 4) is 0 Å². The number of hydrogen-bond donors (Lipinski definition) is 1. The van der Waals surface area contributed by atoms with Crippen molar-refractivity contribution in [1.29, 1.82) is 0 Å². The maximum Gasteiger partial charge on any atom is 0.101 e. The van der Waals surface area contributed by atoms with E-state index in [1.807, 2.05) is 12.3 Å². The summed E-state index contributed by atoms with van der Waals surface area (Å²) in [5.41, 5.74) is 0. The lowest BCUT2D eigenvalue weighted by atomic mass is 10.1. The molecule has 0 bridgehead atoms. The zero-order valence-corrected chi connectivity index (χ0v) is 6.76. The van der Waals surface area contributed by atoms with E-state index in [9.17, 15) is 5.11 Å². The molecule has 2 atom stereocenters. The summed E-state index contributed by atoms with van der Waals surface area (Å²) in [7, 11) is 0. The van der Waals surface area contributed by atoms with Gasteiger partial charge in [0.05, 0.1) is 12.7 Å². The van der Waals surface area contributed by atoms with Gasteiger partial charge in [-0.3, -0.25) is 4.68 Å². The molecule has 1 N–H and O–H groups in total. The molecule has 2 unspecified atom stereocenters. The minimum atomic E-state index is -0.321. The lowest BCUT2D eigenvalue weighted by molar-refractivity contribution is -0.0329. The van der Waals surface area contributed by atoms with Crippen molar-refractivity contribution in [3.63, 3.8) is 0 Å². The van der Waals surface area contributed by atoms with Gasteiger partial charge in [0.15, 0.2) is 0 Å². The van der Waals surface area contributed by atoms with Gasteiger partial charge in [-0.05, 0) is 12.5 Å². The maximum absolute atomic E-state index is 9.60. The summed E-state index contributed by atoms with van der Waals surface area (Å²) < 4.78 is 7.01. The average molecular weight is 168 g/mol. The smallest absolute Gasteiger partial charge is 0.101 e. The van der Waals surface area contributed by atoms with Crippen LogP contribution in [0, 0.1) is 0 Å². The Morgan fingerprint density at radius 2 is 2.50 bits per heavy atom. The first-order valence-corrected chi connectivity index (χ1v) is 4.13.